The summed E-state index contributed by atoms with van der Waals surface area (Å²) in [5, 5.41) is 34.3. The zero-order valence-electron chi connectivity index (χ0n) is 17.3. The van der Waals surface area contributed by atoms with E-state index in [4.69, 9.17) is 19.9 Å². The van der Waals surface area contributed by atoms with Gasteiger partial charge in [-0.05, 0) is 23.8 Å². The van der Waals surface area contributed by atoms with Crippen LogP contribution >= 0.6 is 0 Å². The minimum absolute atomic E-state index is 0.118. The van der Waals surface area contributed by atoms with E-state index in [1.54, 1.807) is 25.3 Å². The van der Waals surface area contributed by atoms with Gasteiger partial charge in [0.15, 0.2) is 34.7 Å². The molecule has 1 fully saturated rings. The van der Waals surface area contributed by atoms with Crippen molar-refractivity contribution in [1.29, 1.82) is 0 Å². The molecule has 0 spiro atoms. The predicted octanol–water partition coefficient (Wildman–Crippen LogP) is -0.517. The highest BCUT2D eigenvalue weighted by molar-refractivity contribution is 5.85. The summed E-state index contributed by atoms with van der Waals surface area (Å²) in [5.74, 6) is 1.38. The fourth-order valence-electron chi connectivity index (χ4n) is 3.44. The van der Waals surface area contributed by atoms with Gasteiger partial charge in [-0.25, -0.2) is 20.4 Å². The minimum Gasteiger partial charge on any atom is -0.493 e. The number of nitrogens with zero attached hydrogens (tertiary/aromatic N) is 5. The highest BCUT2D eigenvalue weighted by atomic mass is 16.6. The first kappa shape index (κ1) is 21.7. The van der Waals surface area contributed by atoms with Crippen LogP contribution in [0, 0.1) is 0 Å². The molecular weight excluding hydrogens is 422 g/mol. The third kappa shape index (κ3) is 3.78. The summed E-state index contributed by atoms with van der Waals surface area (Å²) in [4.78, 5) is 12.5. The third-order valence-electron chi connectivity index (χ3n) is 5.06. The van der Waals surface area contributed by atoms with E-state index >= 15 is 0 Å². The average Bonchev–Trinajstić information content (AvgIpc) is 3.31. The first-order valence-corrected chi connectivity index (χ1v) is 9.60. The van der Waals surface area contributed by atoms with Crippen LogP contribution < -0.4 is 20.6 Å². The third-order valence-corrected chi connectivity index (χ3v) is 5.06. The molecule has 32 heavy (non-hydrogen) atoms. The largest absolute Gasteiger partial charge is 0.493 e. The SMILES string of the molecule is COc1ccc(/C=N/Nc2nc3c(N)ncnc3n2[C@@H]2O[C@H](CO)[C@@H](O)[C@@H]2O)cc1OC. The summed E-state index contributed by atoms with van der Waals surface area (Å²) in [7, 11) is 3.08. The van der Waals surface area contributed by atoms with E-state index < -0.39 is 31.1 Å². The number of hydrogen-bond donors (Lipinski definition) is 5. The fourth-order valence-corrected chi connectivity index (χ4v) is 3.44. The number of hydrazone groups is 1. The lowest BCUT2D eigenvalue weighted by Crippen LogP contribution is -2.33. The lowest BCUT2D eigenvalue weighted by atomic mass is 10.1. The van der Waals surface area contributed by atoms with E-state index in [2.05, 4.69) is 25.5 Å². The molecule has 13 heteroatoms. The Hall–Kier alpha value is -3.52. The number of hydrogen-bond acceptors (Lipinski definition) is 12. The summed E-state index contributed by atoms with van der Waals surface area (Å²) in [6.45, 7) is -0.474. The molecule has 4 atom stereocenters. The van der Waals surface area contributed by atoms with E-state index in [1.807, 2.05) is 0 Å². The molecular formula is C19H23N7O6. The number of anilines is 2. The van der Waals surface area contributed by atoms with Crippen molar-refractivity contribution in [2.24, 2.45) is 5.10 Å². The molecule has 0 bridgehead atoms. The van der Waals surface area contributed by atoms with Gasteiger partial charge < -0.3 is 35.3 Å². The molecule has 170 valence electrons. The summed E-state index contributed by atoms with van der Waals surface area (Å²) >= 11 is 0. The molecule has 6 N–H and O–H groups in total. The lowest BCUT2D eigenvalue weighted by Gasteiger charge is -2.18. The summed E-state index contributed by atoms with van der Waals surface area (Å²) in [6, 6.07) is 5.26. The van der Waals surface area contributed by atoms with Crippen LogP contribution in [0.5, 0.6) is 11.5 Å². The van der Waals surface area contributed by atoms with E-state index in [0.29, 0.717) is 17.1 Å². The normalized spacial score (nSPS) is 23.2. The maximum absolute atomic E-state index is 10.5. The zero-order chi connectivity index (χ0) is 22.8. The van der Waals surface area contributed by atoms with Gasteiger partial charge in [0.05, 0.1) is 27.0 Å². The molecule has 1 saturated heterocycles. The van der Waals surface area contributed by atoms with Crippen molar-refractivity contribution >= 4 is 29.1 Å². The van der Waals surface area contributed by atoms with Crippen LogP contribution in [-0.4, -0.2) is 80.2 Å². The molecule has 13 nitrogen and oxygen atoms in total. The van der Waals surface area contributed by atoms with Crippen molar-refractivity contribution in [2.75, 3.05) is 32.0 Å². The molecule has 2 aromatic heterocycles. The number of benzene rings is 1. The van der Waals surface area contributed by atoms with Crippen molar-refractivity contribution in [3.63, 3.8) is 0 Å². The second kappa shape index (κ2) is 8.92. The number of rotatable bonds is 7. The second-order valence-corrected chi connectivity index (χ2v) is 6.95. The Labute approximate surface area is 182 Å². The number of fused-ring (bicyclic) bond motifs is 1. The highest BCUT2D eigenvalue weighted by Crippen LogP contribution is 2.35. The number of ether oxygens (including phenoxy) is 3. The number of nitrogens with one attached hydrogen (secondary N) is 1. The molecule has 0 amide bonds. The zero-order valence-corrected chi connectivity index (χ0v) is 17.3. The van der Waals surface area contributed by atoms with E-state index in [9.17, 15) is 15.3 Å². The van der Waals surface area contributed by atoms with Crippen LogP contribution in [0.25, 0.3) is 11.2 Å². The van der Waals surface area contributed by atoms with Gasteiger partial charge >= 0.3 is 0 Å². The Morgan fingerprint density at radius 3 is 2.69 bits per heavy atom. The molecule has 0 saturated carbocycles. The summed E-state index contributed by atoms with van der Waals surface area (Å²) < 4.78 is 17.5. The second-order valence-electron chi connectivity index (χ2n) is 6.95. The first-order chi connectivity index (χ1) is 15.5. The standard InChI is InChI=1S/C19H23N7O6/c1-30-10-4-3-9(5-11(10)31-2)6-23-25-19-24-13-16(20)21-8-22-17(13)26(19)18-15(29)14(28)12(7-27)32-18/h3-6,8,12,14-15,18,27-29H,7H2,1-2H3,(H,24,25)(H2,20,21,22)/b23-6+/t12-,14-,15+,18-/m1/s1. The topological polar surface area (TPSA) is 182 Å². The number of aliphatic hydroxyl groups excluding tert-OH is 3. The number of nitrogen functional groups attached to an aromatic ring is 1. The van der Waals surface area contributed by atoms with Gasteiger partial charge in [-0.3, -0.25) is 4.57 Å². The Morgan fingerprint density at radius 2 is 2.00 bits per heavy atom. The van der Waals surface area contributed by atoms with Gasteiger partial charge in [0, 0.05) is 0 Å². The Morgan fingerprint density at radius 1 is 1.22 bits per heavy atom. The number of imidazole rings is 1. The molecule has 0 radical (unpaired) electrons. The van der Waals surface area contributed by atoms with Gasteiger partial charge in [-0.1, -0.05) is 0 Å². The maximum atomic E-state index is 10.5. The Kier molecular flexibility index (Phi) is 6.05. The first-order valence-electron chi connectivity index (χ1n) is 9.60. The van der Waals surface area contributed by atoms with E-state index in [0.717, 1.165) is 0 Å². The van der Waals surface area contributed by atoms with Crippen molar-refractivity contribution < 1.29 is 29.5 Å². The van der Waals surface area contributed by atoms with Crippen LogP contribution in [0.15, 0.2) is 29.6 Å². The number of methoxy groups -OCH3 is 2. The number of aliphatic hydroxyl groups is 3. The van der Waals surface area contributed by atoms with Crippen molar-refractivity contribution in [2.45, 2.75) is 24.5 Å². The fraction of sp³-hybridized carbons (Fsp3) is 0.368. The smallest absolute Gasteiger partial charge is 0.228 e. The van der Waals surface area contributed by atoms with Gasteiger partial charge in [0.1, 0.15) is 24.6 Å². The van der Waals surface area contributed by atoms with Crippen LogP contribution in [-0.2, 0) is 4.74 Å². The van der Waals surface area contributed by atoms with Gasteiger partial charge in [-0.15, -0.1) is 0 Å². The molecule has 1 aliphatic rings. The molecule has 0 unspecified atom stereocenters. The van der Waals surface area contributed by atoms with Crippen LogP contribution in [0.1, 0.15) is 11.8 Å². The van der Waals surface area contributed by atoms with Gasteiger partial charge in [-0.2, -0.15) is 5.10 Å². The Balaban J connectivity index is 1.68. The maximum Gasteiger partial charge on any atom is 0.228 e. The van der Waals surface area contributed by atoms with Crippen molar-refractivity contribution in [3.05, 3.63) is 30.1 Å². The average molecular weight is 445 g/mol. The molecule has 1 aromatic carbocycles. The van der Waals surface area contributed by atoms with Crippen LogP contribution in [0.4, 0.5) is 11.8 Å². The molecule has 1 aliphatic heterocycles. The summed E-state index contributed by atoms with van der Waals surface area (Å²) in [6.07, 6.45) is -1.96. The van der Waals surface area contributed by atoms with E-state index in [1.165, 1.54) is 24.2 Å². The highest BCUT2D eigenvalue weighted by Gasteiger charge is 2.45. The molecule has 4 rings (SSSR count). The molecule has 3 aromatic rings. The van der Waals surface area contributed by atoms with Gasteiger partial charge in [0.25, 0.3) is 0 Å². The van der Waals surface area contributed by atoms with Crippen LogP contribution in [0.2, 0.25) is 0 Å². The number of aromatic nitrogens is 4. The Bertz CT molecular complexity index is 1140. The minimum atomic E-state index is -1.35. The molecule has 3 heterocycles. The summed E-state index contributed by atoms with van der Waals surface area (Å²) in [5.41, 5.74) is 9.93. The van der Waals surface area contributed by atoms with Crippen molar-refractivity contribution in [3.8, 4) is 11.5 Å². The molecule has 0 aliphatic carbocycles. The lowest BCUT2D eigenvalue weighted by molar-refractivity contribution is -0.0501. The van der Waals surface area contributed by atoms with Crippen molar-refractivity contribution in [1.82, 2.24) is 19.5 Å². The van der Waals surface area contributed by atoms with Gasteiger partial charge in [0.2, 0.25) is 5.95 Å². The van der Waals surface area contributed by atoms with Crippen LogP contribution in [0.3, 0.4) is 0 Å². The quantitative estimate of drug-likeness (QED) is 0.233. The monoisotopic (exact) mass is 445 g/mol. The number of nitrogens with two attached hydrogens (primary N) is 1. The van der Waals surface area contributed by atoms with E-state index in [-0.39, 0.29) is 22.9 Å². The predicted molar refractivity (Wildman–Crippen MR) is 114 cm³/mol.